The molecular formula is C22H21N3O2S. The van der Waals surface area contributed by atoms with Crippen LogP contribution in [-0.2, 0) is 24.2 Å². The molecule has 2 unspecified atom stereocenters. The number of aromatic nitrogens is 1. The fourth-order valence-electron chi connectivity index (χ4n) is 4.23. The molecule has 0 spiro atoms. The number of carbonyl (C=O) groups excluding carboxylic acids is 2. The van der Waals surface area contributed by atoms with Gasteiger partial charge in [0.15, 0.2) is 0 Å². The highest BCUT2D eigenvalue weighted by molar-refractivity contribution is 8.15. The number of anilines is 1. The molecule has 3 aromatic rings. The van der Waals surface area contributed by atoms with Crippen LogP contribution in [0.4, 0.5) is 10.5 Å². The van der Waals surface area contributed by atoms with E-state index in [1.54, 1.807) is 0 Å². The van der Waals surface area contributed by atoms with E-state index in [4.69, 9.17) is 0 Å². The number of imide groups is 1. The normalized spacial score (nSPS) is 21.4. The fraction of sp³-hybridized carbons (Fsp3) is 0.273. The third-order valence-corrected chi connectivity index (χ3v) is 6.61. The zero-order chi connectivity index (χ0) is 19.1. The van der Waals surface area contributed by atoms with E-state index in [9.17, 15) is 9.59 Å². The second-order valence-electron chi connectivity index (χ2n) is 7.44. The Kier molecular flexibility index (Phi) is 4.36. The van der Waals surface area contributed by atoms with Gasteiger partial charge in [0.25, 0.3) is 5.24 Å². The van der Waals surface area contributed by atoms with Gasteiger partial charge in [-0.05, 0) is 48.6 Å². The van der Waals surface area contributed by atoms with Crippen molar-refractivity contribution in [2.45, 2.75) is 37.1 Å². The van der Waals surface area contributed by atoms with Gasteiger partial charge in [-0.15, -0.1) is 0 Å². The second kappa shape index (κ2) is 7.02. The Hall–Kier alpha value is -2.73. The molecule has 1 saturated heterocycles. The van der Waals surface area contributed by atoms with Gasteiger partial charge in [-0.25, -0.2) is 0 Å². The van der Waals surface area contributed by atoms with Gasteiger partial charge in [0.05, 0.1) is 5.25 Å². The van der Waals surface area contributed by atoms with Crippen molar-refractivity contribution in [2.24, 2.45) is 0 Å². The van der Waals surface area contributed by atoms with E-state index >= 15 is 0 Å². The third-order valence-electron chi connectivity index (χ3n) is 5.63. The highest BCUT2D eigenvalue weighted by atomic mass is 32.2. The first-order valence-corrected chi connectivity index (χ1v) is 10.5. The lowest BCUT2D eigenvalue weighted by atomic mass is 9.98. The van der Waals surface area contributed by atoms with E-state index in [2.05, 4.69) is 63.9 Å². The van der Waals surface area contributed by atoms with Gasteiger partial charge in [-0.2, -0.15) is 0 Å². The lowest BCUT2D eigenvalue weighted by Crippen LogP contribution is -2.29. The van der Waals surface area contributed by atoms with Gasteiger partial charge in [0, 0.05) is 35.4 Å². The second-order valence-corrected chi connectivity index (χ2v) is 8.62. The molecule has 1 fully saturated rings. The van der Waals surface area contributed by atoms with Crippen molar-refractivity contribution in [2.75, 3.05) is 5.32 Å². The molecule has 5 rings (SSSR count). The van der Waals surface area contributed by atoms with Crippen molar-refractivity contribution in [3.8, 4) is 0 Å². The zero-order valence-electron chi connectivity index (χ0n) is 15.4. The minimum atomic E-state index is -0.335. The lowest BCUT2D eigenvalue weighted by Gasteiger charge is -2.27. The highest BCUT2D eigenvalue weighted by Gasteiger charge is 2.32. The molecule has 2 atom stereocenters. The molecule has 3 heterocycles. The maximum Gasteiger partial charge on any atom is 0.286 e. The van der Waals surface area contributed by atoms with Gasteiger partial charge in [0.2, 0.25) is 5.91 Å². The molecule has 2 amide bonds. The Bertz CT molecular complexity index is 1070. The van der Waals surface area contributed by atoms with Gasteiger partial charge in [-0.3, -0.25) is 14.9 Å². The number of hydrogen-bond donors (Lipinski definition) is 2. The predicted octanol–water partition coefficient (Wildman–Crippen LogP) is 3.96. The molecule has 2 aliphatic rings. The van der Waals surface area contributed by atoms with Crippen LogP contribution in [0.3, 0.4) is 0 Å². The SMILES string of the molecule is O=C1NC(=O)C(Cc2cccc3c2ccn3CC2CCc3ccccc3N2)S1. The fourth-order valence-corrected chi connectivity index (χ4v) is 5.07. The summed E-state index contributed by atoms with van der Waals surface area (Å²) in [6.45, 7) is 0.901. The molecule has 2 N–H and O–H groups in total. The zero-order valence-corrected chi connectivity index (χ0v) is 16.2. The molecule has 0 bridgehead atoms. The third kappa shape index (κ3) is 3.18. The molecule has 1 aromatic heterocycles. The molecule has 0 radical (unpaired) electrons. The van der Waals surface area contributed by atoms with Crippen LogP contribution in [-0.4, -0.2) is 27.0 Å². The number of aryl methyl sites for hydroxylation is 1. The number of fused-ring (bicyclic) bond motifs is 2. The molecule has 5 nitrogen and oxygen atoms in total. The smallest absolute Gasteiger partial charge is 0.286 e. The maximum atomic E-state index is 11.9. The number of thioether (sulfide) groups is 1. The maximum absolute atomic E-state index is 11.9. The number of nitrogens with zero attached hydrogens (tertiary/aromatic N) is 1. The summed E-state index contributed by atoms with van der Waals surface area (Å²) in [7, 11) is 0. The first-order valence-electron chi connectivity index (χ1n) is 9.60. The Morgan fingerprint density at radius 3 is 2.82 bits per heavy atom. The van der Waals surface area contributed by atoms with Crippen LogP contribution >= 0.6 is 11.8 Å². The van der Waals surface area contributed by atoms with Crippen LogP contribution < -0.4 is 10.6 Å². The van der Waals surface area contributed by atoms with Crippen molar-refractivity contribution in [1.82, 2.24) is 9.88 Å². The molecule has 0 saturated carbocycles. The van der Waals surface area contributed by atoms with E-state index in [0.29, 0.717) is 12.5 Å². The van der Waals surface area contributed by atoms with E-state index in [1.165, 1.54) is 16.8 Å². The number of nitrogens with one attached hydrogen (secondary N) is 2. The molecule has 142 valence electrons. The molecule has 0 aliphatic carbocycles. The largest absolute Gasteiger partial charge is 0.380 e. The van der Waals surface area contributed by atoms with E-state index in [-0.39, 0.29) is 16.4 Å². The lowest BCUT2D eigenvalue weighted by molar-refractivity contribution is -0.118. The summed E-state index contributed by atoms with van der Waals surface area (Å²) in [5.41, 5.74) is 4.92. The standard InChI is InChI=1S/C22H21N3O2S/c26-21-20(28-22(27)24-21)12-15-5-3-7-19-17(15)10-11-25(19)13-16-9-8-14-4-1-2-6-18(14)23-16/h1-7,10-11,16,20,23H,8-9,12-13H2,(H,24,26,27). The van der Waals surface area contributed by atoms with Gasteiger partial charge in [0.1, 0.15) is 0 Å². The van der Waals surface area contributed by atoms with E-state index in [1.807, 2.05) is 6.07 Å². The number of amides is 2. The average molecular weight is 391 g/mol. The van der Waals surface area contributed by atoms with Crippen LogP contribution in [0.25, 0.3) is 10.9 Å². The summed E-state index contributed by atoms with van der Waals surface area (Å²) in [6, 6.07) is 17.3. The van der Waals surface area contributed by atoms with E-state index < -0.39 is 0 Å². The van der Waals surface area contributed by atoms with Crippen molar-refractivity contribution < 1.29 is 9.59 Å². The van der Waals surface area contributed by atoms with Crippen molar-refractivity contribution in [1.29, 1.82) is 0 Å². The summed E-state index contributed by atoms with van der Waals surface area (Å²) in [5.74, 6) is -0.184. The molecular weight excluding hydrogens is 370 g/mol. The monoisotopic (exact) mass is 391 g/mol. The Labute approximate surface area is 167 Å². The van der Waals surface area contributed by atoms with Crippen molar-refractivity contribution in [3.63, 3.8) is 0 Å². The van der Waals surface area contributed by atoms with Gasteiger partial charge >= 0.3 is 0 Å². The molecule has 6 heteroatoms. The Morgan fingerprint density at radius 2 is 1.96 bits per heavy atom. The summed E-state index contributed by atoms with van der Waals surface area (Å²) in [6.07, 6.45) is 4.90. The van der Waals surface area contributed by atoms with Gasteiger partial charge in [-0.1, -0.05) is 42.1 Å². The average Bonchev–Trinajstić information content (AvgIpc) is 3.25. The minimum Gasteiger partial charge on any atom is -0.380 e. The first kappa shape index (κ1) is 17.4. The summed E-state index contributed by atoms with van der Waals surface area (Å²) >= 11 is 1.09. The molecule has 2 aromatic carbocycles. The number of benzene rings is 2. The Balaban J connectivity index is 1.37. The quantitative estimate of drug-likeness (QED) is 0.707. The van der Waals surface area contributed by atoms with Crippen LogP contribution in [0.15, 0.2) is 54.7 Å². The van der Waals surface area contributed by atoms with Crippen LogP contribution in [0.5, 0.6) is 0 Å². The van der Waals surface area contributed by atoms with Crippen LogP contribution in [0.1, 0.15) is 17.5 Å². The van der Waals surface area contributed by atoms with Crippen molar-refractivity contribution >= 4 is 39.5 Å². The number of para-hydroxylation sites is 1. The number of rotatable bonds is 4. The van der Waals surface area contributed by atoms with Crippen LogP contribution in [0.2, 0.25) is 0 Å². The summed E-state index contributed by atoms with van der Waals surface area (Å²) in [5, 5.41) is 6.62. The topological polar surface area (TPSA) is 63.1 Å². The minimum absolute atomic E-state index is 0.184. The van der Waals surface area contributed by atoms with E-state index in [0.717, 1.165) is 42.1 Å². The van der Waals surface area contributed by atoms with Crippen molar-refractivity contribution in [3.05, 3.63) is 65.9 Å². The first-order chi connectivity index (χ1) is 13.7. The predicted molar refractivity (Wildman–Crippen MR) is 113 cm³/mol. The highest BCUT2D eigenvalue weighted by Crippen LogP contribution is 2.29. The van der Waals surface area contributed by atoms with Gasteiger partial charge < -0.3 is 9.88 Å². The Morgan fingerprint density at radius 1 is 1.07 bits per heavy atom. The summed E-state index contributed by atoms with van der Waals surface area (Å²) in [4.78, 5) is 23.4. The summed E-state index contributed by atoms with van der Waals surface area (Å²) < 4.78 is 2.29. The number of carbonyl (C=O) groups is 2. The molecule has 2 aliphatic heterocycles. The van der Waals surface area contributed by atoms with Crippen LogP contribution in [0, 0.1) is 0 Å². The number of hydrogen-bond acceptors (Lipinski definition) is 4. The molecule has 28 heavy (non-hydrogen) atoms.